The highest BCUT2D eigenvalue weighted by Crippen LogP contribution is 2.19. The Kier molecular flexibility index (Phi) is 5.63. The summed E-state index contributed by atoms with van der Waals surface area (Å²) in [7, 11) is 3.41. The minimum atomic E-state index is -0.544. The topological polar surface area (TPSA) is 38.8 Å². The quantitative estimate of drug-likeness (QED) is 0.820. The zero-order valence-corrected chi connectivity index (χ0v) is 14.1. The molecule has 0 radical (unpaired) electrons. The molecule has 0 saturated heterocycles. The van der Waals surface area contributed by atoms with Gasteiger partial charge in [0, 0.05) is 13.6 Å². The number of carbonyl (C=O) groups excluding carboxylic acids is 1. The third-order valence-electron chi connectivity index (χ3n) is 3.77. The van der Waals surface area contributed by atoms with E-state index in [1.165, 1.54) is 5.56 Å². The van der Waals surface area contributed by atoms with Gasteiger partial charge in [0.15, 0.2) is 6.10 Å². The van der Waals surface area contributed by atoms with E-state index in [-0.39, 0.29) is 5.91 Å². The maximum Gasteiger partial charge on any atom is 0.263 e. The predicted molar refractivity (Wildman–Crippen MR) is 90.7 cm³/mol. The molecule has 0 fully saturated rings. The summed E-state index contributed by atoms with van der Waals surface area (Å²) in [6, 6.07) is 15.3. The van der Waals surface area contributed by atoms with E-state index in [2.05, 4.69) is 0 Å². The second-order valence-electron chi connectivity index (χ2n) is 5.56. The van der Waals surface area contributed by atoms with Gasteiger partial charge in [-0.05, 0) is 49.2 Å². The molecule has 4 nitrogen and oxygen atoms in total. The van der Waals surface area contributed by atoms with Crippen LogP contribution in [0.1, 0.15) is 18.1 Å². The molecular weight excluding hydrogens is 290 g/mol. The summed E-state index contributed by atoms with van der Waals surface area (Å²) in [5, 5.41) is 0. The van der Waals surface area contributed by atoms with Crippen molar-refractivity contribution in [3.63, 3.8) is 0 Å². The van der Waals surface area contributed by atoms with Crippen LogP contribution in [-0.2, 0) is 11.3 Å². The van der Waals surface area contributed by atoms with Crippen LogP contribution in [0.3, 0.4) is 0 Å². The number of likely N-dealkylation sites (N-methyl/N-ethyl adjacent to an activating group) is 1. The lowest BCUT2D eigenvalue weighted by atomic mass is 10.1. The highest BCUT2D eigenvalue weighted by atomic mass is 16.5. The molecule has 4 heteroatoms. The lowest BCUT2D eigenvalue weighted by Crippen LogP contribution is -2.37. The van der Waals surface area contributed by atoms with Gasteiger partial charge < -0.3 is 14.4 Å². The monoisotopic (exact) mass is 313 g/mol. The lowest BCUT2D eigenvalue weighted by molar-refractivity contribution is -0.137. The smallest absolute Gasteiger partial charge is 0.263 e. The highest BCUT2D eigenvalue weighted by Gasteiger charge is 2.19. The number of hydrogen-bond acceptors (Lipinski definition) is 3. The summed E-state index contributed by atoms with van der Waals surface area (Å²) in [5.74, 6) is 1.35. The number of benzene rings is 2. The lowest BCUT2D eigenvalue weighted by Gasteiger charge is -2.23. The van der Waals surface area contributed by atoms with Gasteiger partial charge in [0.2, 0.25) is 0 Å². The van der Waals surface area contributed by atoms with Crippen molar-refractivity contribution < 1.29 is 14.3 Å². The van der Waals surface area contributed by atoms with Gasteiger partial charge in [0.05, 0.1) is 7.11 Å². The Morgan fingerprint density at radius 2 is 1.70 bits per heavy atom. The number of hydrogen-bond donors (Lipinski definition) is 0. The fraction of sp³-hybridized carbons (Fsp3) is 0.316. The molecule has 122 valence electrons. The van der Waals surface area contributed by atoms with Gasteiger partial charge in [0.25, 0.3) is 5.91 Å². The first-order valence-corrected chi connectivity index (χ1v) is 7.61. The molecule has 1 amide bonds. The summed E-state index contributed by atoms with van der Waals surface area (Å²) in [6.07, 6.45) is -0.544. The van der Waals surface area contributed by atoms with E-state index in [1.54, 1.807) is 38.1 Å². The SMILES string of the molecule is COc1ccc(OC(C)C(=O)N(C)Cc2ccccc2C)cc1. The second kappa shape index (κ2) is 7.68. The Hall–Kier alpha value is -2.49. The van der Waals surface area contributed by atoms with E-state index >= 15 is 0 Å². The van der Waals surface area contributed by atoms with Crippen molar-refractivity contribution in [1.29, 1.82) is 0 Å². The van der Waals surface area contributed by atoms with Crippen LogP contribution in [0.4, 0.5) is 0 Å². The van der Waals surface area contributed by atoms with E-state index in [0.29, 0.717) is 12.3 Å². The van der Waals surface area contributed by atoms with Crippen molar-refractivity contribution in [3.8, 4) is 11.5 Å². The fourth-order valence-electron chi connectivity index (χ4n) is 2.34. The van der Waals surface area contributed by atoms with E-state index in [4.69, 9.17) is 9.47 Å². The summed E-state index contributed by atoms with van der Waals surface area (Å²) in [6.45, 7) is 4.38. The van der Waals surface area contributed by atoms with Gasteiger partial charge in [-0.1, -0.05) is 24.3 Å². The number of methoxy groups -OCH3 is 1. The van der Waals surface area contributed by atoms with Gasteiger partial charge in [-0.25, -0.2) is 0 Å². The van der Waals surface area contributed by atoms with Gasteiger partial charge in [-0.3, -0.25) is 4.79 Å². The van der Waals surface area contributed by atoms with Crippen LogP contribution in [0.25, 0.3) is 0 Å². The van der Waals surface area contributed by atoms with Gasteiger partial charge >= 0.3 is 0 Å². The number of rotatable bonds is 6. The largest absolute Gasteiger partial charge is 0.497 e. The van der Waals surface area contributed by atoms with Gasteiger partial charge in [-0.2, -0.15) is 0 Å². The summed E-state index contributed by atoms with van der Waals surface area (Å²) in [4.78, 5) is 14.2. The molecule has 2 aromatic rings. The molecule has 2 aromatic carbocycles. The Bertz CT molecular complexity index is 652. The maximum absolute atomic E-state index is 12.5. The van der Waals surface area contributed by atoms with Crippen molar-refractivity contribution in [3.05, 3.63) is 59.7 Å². The molecule has 0 aromatic heterocycles. The van der Waals surface area contributed by atoms with Crippen molar-refractivity contribution >= 4 is 5.91 Å². The molecule has 0 heterocycles. The van der Waals surface area contributed by atoms with E-state index in [9.17, 15) is 4.79 Å². The number of nitrogens with zero attached hydrogens (tertiary/aromatic N) is 1. The predicted octanol–water partition coefficient (Wildman–Crippen LogP) is 3.43. The van der Waals surface area contributed by atoms with Crippen LogP contribution in [0.2, 0.25) is 0 Å². The van der Waals surface area contributed by atoms with Gasteiger partial charge in [-0.15, -0.1) is 0 Å². The van der Waals surface area contributed by atoms with Crippen LogP contribution in [0.15, 0.2) is 48.5 Å². The Labute approximate surface area is 137 Å². The summed E-state index contributed by atoms with van der Waals surface area (Å²) in [5.41, 5.74) is 2.32. The molecule has 0 saturated carbocycles. The minimum absolute atomic E-state index is 0.0518. The number of carbonyl (C=O) groups is 1. The Morgan fingerprint density at radius 1 is 1.09 bits per heavy atom. The molecule has 0 bridgehead atoms. The van der Waals surface area contributed by atoms with E-state index < -0.39 is 6.10 Å². The molecule has 1 unspecified atom stereocenters. The Balaban J connectivity index is 1.96. The second-order valence-corrected chi connectivity index (χ2v) is 5.56. The van der Waals surface area contributed by atoms with Crippen molar-refractivity contribution in [2.75, 3.05) is 14.2 Å². The van der Waals surface area contributed by atoms with E-state index in [0.717, 1.165) is 11.3 Å². The molecule has 0 spiro atoms. The molecule has 0 aliphatic carbocycles. The van der Waals surface area contributed by atoms with Crippen molar-refractivity contribution in [1.82, 2.24) is 4.90 Å². The molecule has 2 rings (SSSR count). The van der Waals surface area contributed by atoms with Crippen LogP contribution in [-0.4, -0.2) is 31.1 Å². The number of aryl methyl sites for hydroxylation is 1. The van der Waals surface area contributed by atoms with Crippen LogP contribution >= 0.6 is 0 Å². The Morgan fingerprint density at radius 3 is 2.30 bits per heavy atom. The average Bonchev–Trinajstić information content (AvgIpc) is 2.56. The molecule has 1 atom stereocenters. The molecule has 0 aliphatic heterocycles. The molecule has 0 N–H and O–H groups in total. The number of amides is 1. The highest BCUT2D eigenvalue weighted by molar-refractivity contribution is 5.80. The summed E-state index contributed by atoms with van der Waals surface area (Å²) >= 11 is 0. The van der Waals surface area contributed by atoms with Crippen molar-refractivity contribution in [2.45, 2.75) is 26.5 Å². The molecule has 0 aliphatic rings. The summed E-state index contributed by atoms with van der Waals surface area (Å²) < 4.78 is 10.8. The van der Waals surface area contributed by atoms with Crippen LogP contribution in [0.5, 0.6) is 11.5 Å². The third-order valence-corrected chi connectivity index (χ3v) is 3.77. The first kappa shape index (κ1) is 16.9. The molecular formula is C19H23NO3. The average molecular weight is 313 g/mol. The van der Waals surface area contributed by atoms with Crippen molar-refractivity contribution in [2.24, 2.45) is 0 Å². The third kappa shape index (κ3) is 4.49. The number of ether oxygens (including phenoxy) is 2. The maximum atomic E-state index is 12.5. The minimum Gasteiger partial charge on any atom is -0.497 e. The standard InChI is InChI=1S/C19H23NO3/c1-14-7-5-6-8-16(14)13-20(3)19(21)15(2)23-18-11-9-17(22-4)10-12-18/h5-12,15H,13H2,1-4H3. The molecule has 23 heavy (non-hydrogen) atoms. The fourth-order valence-corrected chi connectivity index (χ4v) is 2.34. The first-order valence-electron chi connectivity index (χ1n) is 7.61. The van der Waals surface area contributed by atoms with E-state index in [1.807, 2.05) is 43.3 Å². The van der Waals surface area contributed by atoms with Crippen LogP contribution in [0, 0.1) is 6.92 Å². The van der Waals surface area contributed by atoms with Gasteiger partial charge in [0.1, 0.15) is 11.5 Å². The van der Waals surface area contributed by atoms with Crippen LogP contribution < -0.4 is 9.47 Å². The normalized spacial score (nSPS) is 11.7. The first-order chi connectivity index (χ1) is 11.0. The zero-order valence-electron chi connectivity index (χ0n) is 14.1. The zero-order chi connectivity index (χ0) is 16.8.